The van der Waals surface area contributed by atoms with Crippen LogP contribution < -0.4 is 16.4 Å². The van der Waals surface area contributed by atoms with Gasteiger partial charge in [0, 0.05) is 0 Å². The summed E-state index contributed by atoms with van der Waals surface area (Å²) in [7, 11) is 0. The highest BCUT2D eigenvalue weighted by atomic mass is 16.4. The molecule has 4 atom stereocenters. The standard InChI is InChI=1S/C19H27N3O6/c1-3-11(2)16(18(26)21-14(19(27)28)10-15(23)24)22-17(25)13(20)9-12-7-5-4-6-8-12/h4-8,11,13-14,16H,3,9-10,20H2,1-2H3,(H,21,26)(H,22,25)(H,23,24)(H,27,28)/t11-,13-,14-,16-/m0/s1. The Kier molecular flexibility index (Phi) is 9.10. The molecular formula is C19H27N3O6. The van der Waals surface area contributed by atoms with Crippen LogP contribution in [-0.2, 0) is 25.6 Å². The molecule has 0 unspecified atom stereocenters. The fourth-order valence-corrected chi connectivity index (χ4v) is 2.56. The number of amides is 2. The third-order valence-corrected chi connectivity index (χ3v) is 4.42. The lowest BCUT2D eigenvalue weighted by atomic mass is 9.97. The van der Waals surface area contributed by atoms with E-state index in [1.807, 2.05) is 37.3 Å². The van der Waals surface area contributed by atoms with Crippen LogP contribution in [0.5, 0.6) is 0 Å². The van der Waals surface area contributed by atoms with Crippen LogP contribution in [0.4, 0.5) is 0 Å². The van der Waals surface area contributed by atoms with Gasteiger partial charge in [-0.1, -0.05) is 50.6 Å². The smallest absolute Gasteiger partial charge is 0.326 e. The van der Waals surface area contributed by atoms with Gasteiger partial charge in [-0.2, -0.15) is 0 Å². The molecule has 0 saturated carbocycles. The van der Waals surface area contributed by atoms with Crippen LogP contribution in [0.15, 0.2) is 30.3 Å². The molecule has 0 aliphatic rings. The lowest BCUT2D eigenvalue weighted by Crippen LogP contribution is -2.57. The highest BCUT2D eigenvalue weighted by Crippen LogP contribution is 2.10. The lowest BCUT2D eigenvalue weighted by molar-refractivity contribution is -0.147. The normalized spacial score (nSPS) is 15.0. The van der Waals surface area contributed by atoms with E-state index in [1.165, 1.54) is 0 Å². The van der Waals surface area contributed by atoms with Crippen LogP contribution in [0, 0.1) is 5.92 Å². The number of hydrogen-bond acceptors (Lipinski definition) is 5. The van der Waals surface area contributed by atoms with Crippen molar-refractivity contribution in [2.75, 3.05) is 0 Å². The van der Waals surface area contributed by atoms with E-state index in [0.717, 1.165) is 5.56 Å². The minimum Gasteiger partial charge on any atom is -0.481 e. The molecule has 0 aliphatic heterocycles. The van der Waals surface area contributed by atoms with Crippen molar-refractivity contribution in [2.45, 2.75) is 51.2 Å². The first-order valence-electron chi connectivity index (χ1n) is 9.00. The van der Waals surface area contributed by atoms with E-state index in [4.69, 9.17) is 15.9 Å². The zero-order chi connectivity index (χ0) is 21.3. The Bertz CT molecular complexity index is 694. The summed E-state index contributed by atoms with van der Waals surface area (Å²) in [5.74, 6) is -4.45. The molecule has 154 valence electrons. The van der Waals surface area contributed by atoms with Crippen molar-refractivity contribution in [1.82, 2.24) is 10.6 Å². The fraction of sp³-hybridized carbons (Fsp3) is 0.474. The van der Waals surface area contributed by atoms with Crippen molar-refractivity contribution >= 4 is 23.8 Å². The number of aliphatic carboxylic acids is 2. The number of hydrogen-bond donors (Lipinski definition) is 5. The van der Waals surface area contributed by atoms with Crippen LogP contribution in [0.3, 0.4) is 0 Å². The van der Waals surface area contributed by atoms with E-state index in [0.29, 0.717) is 6.42 Å². The molecule has 2 amide bonds. The monoisotopic (exact) mass is 393 g/mol. The molecule has 1 aromatic carbocycles. The first kappa shape index (κ1) is 23.1. The third-order valence-electron chi connectivity index (χ3n) is 4.42. The molecule has 28 heavy (non-hydrogen) atoms. The van der Waals surface area contributed by atoms with Crippen molar-refractivity contribution in [1.29, 1.82) is 0 Å². The van der Waals surface area contributed by atoms with Gasteiger partial charge in [-0.05, 0) is 17.9 Å². The molecule has 1 aromatic rings. The number of carbonyl (C=O) groups excluding carboxylic acids is 2. The van der Waals surface area contributed by atoms with Gasteiger partial charge in [0.05, 0.1) is 12.5 Å². The molecule has 0 aliphatic carbocycles. The molecular weight excluding hydrogens is 366 g/mol. The predicted octanol–water partition coefficient (Wildman–Crippen LogP) is 0.131. The number of carboxylic acids is 2. The highest BCUT2D eigenvalue weighted by molar-refractivity contribution is 5.93. The van der Waals surface area contributed by atoms with Gasteiger partial charge >= 0.3 is 11.9 Å². The molecule has 6 N–H and O–H groups in total. The van der Waals surface area contributed by atoms with Gasteiger partial charge in [0.15, 0.2) is 0 Å². The van der Waals surface area contributed by atoms with Gasteiger partial charge in [0.2, 0.25) is 11.8 Å². The Morgan fingerprint density at radius 1 is 1.04 bits per heavy atom. The van der Waals surface area contributed by atoms with Gasteiger partial charge < -0.3 is 26.6 Å². The molecule has 0 heterocycles. The Morgan fingerprint density at radius 3 is 2.14 bits per heavy atom. The fourth-order valence-electron chi connectivity index (χ4n) is 2.56. The highest BCUT2D eigenvalue weighted by Gasteiger charge is 2.31. The second kappa shape index (κ2) is 11.0. The average molecular weight is 393 g/mol. The van der Waals surface area contributed by atoms with E-state index in [-0.39, 0.29) is 12.3 Å². The van der Waals surface area contributed by atoms with Crippen LogP contribution >= 0.6 is 0 Å². The number of carboxylic acid groups (broad SMARTS) is 2. The van der Waals surface area contributed by atoms with E-state index < -0.39 is 48.3 Å². The Labute approximate surface area is 163 Å². The Hall–Kier alpha value is -2.94. The zero-order valence-corrected chi connectivity index (χ0v) is 15.9. The summed E-state index contributed by atoms with van der Waals surface area (Å²) in [5, 5.41) is 22.6. The van der Waals surface area contributed by atoms with E-state index in [9.17, 15) is 19.2 Å². The molecule has 0 radical (unpaired) electrons. The molecule has 0 bridgehead atoms. The molecule has 0 fully saturated rings. The van der Waals surface area contributed by atoms with Gasteiger partial charge in [0.1, 0.15) is 12.1 Å². The SMILES string of the molecule is CC[C@H](C)[C@H](NC(=O)[C@@H](N)Cc1ccccc1)C(=O)N[C@@H](CC(=O)O)C(=O)O. The van der Waals surface area contributed by atoms with E-state index in [2.05, 4.69) is 10.6 Å². The van der Waals surface area contributed by atoms with Crippen LogP contribution in [0.2, 0.25) is 0 Å². The number of carbonyl (C=O) groups is 4. The summed E-state index contributed by atoms with van der Waals surface area (Å²) >= 11 is 0. The second-order valence-corrected chi connectivity index (χ2v) is 6.67. The largest absolute Gasteiger partial charge is 0.481 e. The van der Waals surface area contributed by atoms with Gasteiger partial charge in [-0.15, -0.1) is 0 Å². The minimum atomic E-state index is -1.59. The summed E-state index contributed by atoms with van der Waals surface area (Å²) in [4.78, 5) is 47.0. The third kappa shape index (κ3) is 7.36. The molecule has 9 heteroatoms. The first-order chi connectivity index (χ1) is 13.1. The van der Waals surface area contributed by atoms with Crippen LogP contribution in [0.25, 0.3) is 0 Å². The lowest BCUT2D eigenvalue weighted by Gasteiger charge is -2.26. The summed E-state index contributed by atoms with van der Waals surface area (Å²) in [5.41, 5.74) is 6.80. The Balaban J connectivity index is 2.83. The maximum absolute atomic E-state index is 12.5. The molecule has 1 rings (SSSR count). The van der Waals surface area contributed by atoms with Gasteiger partial charge in [0.25, 0.3) is 0 Å². The molecule has 0 spiro atoms. The molecule has 0 aromatic heterocycles. The van der Waals surface area contributed by atoms with Gasteiger partial charge in [-0.25, -0.2) is 4.79 Å². The Morgan fingerprint density at radius 2 is 1.64 bits per heavy atom. The predicted molar refractivity (Wildman–Crippen MR) is 101 cm³/mol. The van der Waals surface area contributed by atoms with Crippen molar-refractivity contribution in [3.05, 3.63) is 35.9 Å². The summed E-state index contributed by atoms with van der Waals surface area (Å²) < 4.78 is 0. The van der Waals surface area contributed by atoms with Crippen LogP contribution in [0.1, 0.15) is 32.3 Å². The van der Waals surface area contributed by atoms with E-state index in [1.54, 1.807) is 6.92 Å². The van der Waals surface area contributed by atoms with Gasteiger partial charge in [-0.3, -0.25) is 14.4 Å². The second-order valence-electron chi connectivity index (χ2n) is 6.67. The summed E-state index contributed by atoms with van der Waals surface area (Å²) in [6, 6.07) is 5.63. The summed E-state index contributed by atoms with van der Waals surface area (Å²) in [6.45, 7) is 3.53. The number of rotatable bonds is 11. The number of nitrogens with one attached hydrogen (secondary N) is 2. The molecule has 0 saturated heterocycles. The van der Waals surface area contributed by atoms with Crippen LogP contribution in [-0.4, -0.2) is 52.1 Å². The topological polar surface area (TPSA) is 159 Å². The number of nitrogens with two attached hydrogens (primary N) is 1. The maximum atomic E-state index is 12.5. The van der Waals surface area contributed by atoms with Crippen molar-refractivity contribution in [2.24, 2.45) is 11.7 Å². The minimum absolute atomic E-state index is 0.276. The maximum Gasteiger partial charge on any atom is 0.326 e. The van der Waals surface area contributed by atoms with Crippen molar-refractivity contribution in [3.8, 4) is 0 Å². The quantitative estimate of drug-likeness (QED) is 0.357. The van der Waals surface area contributed by atoms with Crippen molar-refractivity contribution in [3.63, 3.8) is 0 Å². The summed E-state index contributed by atoms with van der Waals surface area (Å²) in [6.07, 6.45) is 0.0387. The number of benzene rings is 1. The van der Waals surface area contributed by atoms with E-state index >= 15 is 0 Å². The zero-order valence-electron chi connectivity index (χ0n) is 15.9. The average Bonchev–Trinajstić information content (AvgIpc) is 2.64. The van der Waals surface area contributed by atoms with Crippen molar-refractivity contribution < 1.29 is 29.4 Å². The first-order valence-corrected chi connectivity index (χ1v) is 9.00. The molecule has 9 nitrogen and oxygen atoms in total.